The molecule has 15 heteroatoms. The van der Waals surface area contributed by atoms with Gasteiger partial charge in [-0.1, -0.05) is 42.5 Å². The molecule has 0 bridgehead atoms. The summed E-state index contributed by atoms with van der Waals surface area (Å²) in [5, 5.41) is 33.7. The number of amides is 4. The van der Waals surface area contributed by atoms with E-state index in [0.29, 0.717) is 24.0 Å². The Morgan fingerprint density at radius 2 is 1.39 bits per heavy atom. The van der Waals surface area contributed by atoms with Gasteiger partial charge < -0.3 is 36.6 Å². The van der Waals surface area contributed by atoms with Crippen molar-refractivity contribution in [1.82, 2.24) is 15.5 Å². The molecular weight excluding hydrogens is 664 g/mol. The summed E-state index contributed by atoms with van der Waals surface area (Å²) in [4.78, 5) is 103. The first-order chi connectivity index (χ1) is 24.1. The molecule has 1 saturated heterocycles. The molecule has 2 aromatic carbocycles. The maximum absolute atomic E-state index is 14.0. The average molecular weight is 709 g/mol. The molecule has 274 valence electrons. The maximum atomic E-state index is 14.0. The van der Waals surface area contributed by atoms with Gasteiger partial charge in [0.25, 0.3) is 0 Å². The number of hydrogen-bond acceptors (Lipinski definition) is 9. The van der Waals surface area contributed by atoms with E-state index in [-0.39, 0.29) is 31.6 Å². The minimum atomic E-state index is -1.37. The van der Waals surface area contributed by atoms with Crippen LogP contribution in [0.3, 0.4) is 0 Å². The first kappa shape index (κ1) is 39.8. The number of carbonyl (C=O) groups is 8. The number of phenolic OH excluding ortho intramolecular Hbond substituents is 1. The number of likely N-dealkylation sites (tertiary alicyclic amines) is 1. The van der Waals surface area contributed by atoms with Crippen LogP contribution in [0.15, 0.2) is 54.6 Å². The summed E-state index contributed by atoms with van der Waals surface area (Å²) in [6, 6.07) is 11.1. The van der Waals surface area contributed by atoms with Crippen molar-refractivity contribution in [2.45, 2.75) is 82.8 Å². The zero-order valence-corrected chi connectivity index (χ0v) is 28.3. The molecule has 0 aromatic heterocycles. The van der Waals surface area contributed by atoms with Crippen molar-refractivity contribution in [3.05, 3.63) is 65.7 Å². The number of carboxylic acid groups (broad SMARTS) is 2. The minimum Gasteiger partial charge on any atom is -0.508 e. The number of rotatable bonds is 20. The van der Waals surface area contributed by atoms with Gasteiger partial charge in [0.2, 0.25) is 23.6 Å². The van der Waals surface area contributed by atoms with Crippen molar-refractivity contribution in [1.29, 1.82) is 0 Å². The molecule has 1 heterocycles. The molecular formula is C36H44N4O11. The van der Waals surface area contributed by atoms with Crippen molar-refractivity contribution >= 4 is 47.1 Å². The number of phenols is 1. The normalized spacial score (nSPS) is 16.3. The smallest absolute Gasteiger partial charge is 0.304 e. The lowest BCUT2D eigenvalue weighted by Crippen LogP contribution is -2.49. The molecule has 1 fully saturated rings. The van der Waals surface area contributed by atoms with Gasteiger partial charge in [0.1, 0.15) is 11.8 Å². The lowest BCUT2D eigenvalue weighted by Gasteiger charge is -2.28. The van der Waals surface area contributed by atoms with Crippen molar-refractivity contribution in [2.75, 3.05) is 6.54 Å². The number of nitrogens with one attached hydrogen (secondary N) is 2. The second-order valence-corrected chi connectivity index (χ2v) is 12.7. The molecule has 15 nitrogen and oxygen atoms in total. The summed E-state index contributed by atoms with van der Waals surface area (Å²) in [6.45, 7) is 1.33. The number of nitrogens with two attached hydrogens (primary N) is 1. The molecule has 4 amide bonds. The number of carboxylic acids is 2. The fourth-order valence-electron chi connectivity index (χ4n) is 6.17. The number of hydrogen-bond donors (Lipinski definition) is 6. The van der Waals surface area contributed by atoms with Crippen LogP contribution in [-0.4, -0.2) is 92.0 Å². The summed E-state index contributed by atoms with van der Waals surface area (Å²) in [6.07, 6.45) is -1.68. The number of aromatic hydroxyl groups is 1. The fourth-order valence-corrected chi connectivity index (χ4v) is 6.17. The van der Waals surface area contributed by atoms with Crippen LogP contribution in [0.1, 0.15) is 63.0 Å². The van der Waals surface area contributed by atoms with E-state index in [9.17, 15) is 48.6 Å². The van der Waals surface area contributed by atoms with Crippen molar-refractivity contribution < 1.29 is 53.7 Å². The van der Waals surface area contributed by atoms with E-state index >= 15 is 0 Å². The van der Waals surface area contributed by atoms with Crippen LogP contribution >= 0.6 is 0 Å². The number of nitrogens with zero attached hydrogens (tertiary/aromatic N) is 1. The second-order valence-electron chi connectivity index (χ2n) is 12.7. The quantitative estimate of drug-likeness (QED) is 0.114. The predicted molar refractivity (Wildman–Crippen MR) is 181 cm³/mol. The molecule has 0 aliphatic carbocycles. The fraction of sp³-hybridized carbons (Fsp3) is 0.444. The van der Waals surface area contributed by atoms with Gasteiger partial charge in [-0.3, -0.25) is 38.4 Å². The van der Waals surface area contributed by atoms with Gasteiger partial charge in [0.15, 0.2) is 11.6 Å². The third kappa shape index (κ3) is 12.7. The van der Waals surface area contributed by atoms with E-state index in [4.69, 9.17) is 10.8 Å². The average Bonchev–Trinajstić information content (AvgIpc) is 3.57. The van der Waals surface area contributed by atoms with E-state index in [2.05, 4.69) is 10.6 Å². The zero-order valence-electron chi connectivity index (χ0n) is 28.3. The first-order valence-electron chi connectivity index (χ1n) is 16.6. The monoisotopic (exact) mass is 708 g/mol. The van der Waals surface area contributed by atoms with Crippen LogP contribution in [0.2, 0.25) is 0 Å². The standard InChI is InChI=1S/C36H44N4O11/c1-21(41)38-27(13-14-32(45)46)30(43)18-24(16-22-6-3-2-4-7-22)35(50)39-28(17-23-9-11-26(42)12-10-23)31(44)19-25(20-33(47)48)36(51)40-15-5-8-29(40)34(37)49/h2-4,6-7,9-12,24-25,27-29,42H,5,8,13-20H2,1H3,(H2,37,49)(H,38,41)(H,39,50)(H,45,46)(H,47,48). The van der Waals surface area contributed by atoms with E-state index in [1.54, 1.807) is 30.3 Å². The van der Waals surface area contributed by atoms with Crippen LogP contribution in [0.25, 0.3) is 0 Å². The Morgan fingerprint density at radius 1 is 0.784 bits per heavy atom. The molecule has 2 aromatic rings. The molecule has 5 unspecified atom stereocenters. The van der Waals surface area contributed by atoms with Crippen LogP contribution in [-0.2, 0) is 51.2 Å². The Hall–Kier alpha value is -5.60. The molecule has 3 rings (SSSR count). The molecule has 5 atom stereocenters. The van der Waals surface area contributed by atoms with Crippen molar-refractivity contribution in [3.8, 4) is 5.75 Å². The van der Waals surface area contributed by atoms with Gasteiger partial charge in [0.05, 0.1) is 24.4 Å². The Morgan fingerprint density at radius 3 is 1.98 bits per heavy atom. The third-order valence-electron chi connectivity index (χ3n) is 8.72. The maximum Gasteiger partial charge on any atom is 0.304 e. The zero-order chi connectivity index (χ0) is 37.7. The van der Waals surface area contributed by atoms with Crippen LogP contribution in [0, 0.1) is 11.8 Å². The minimum absolute atomic E-state index is 0.0356. The highest BCUT2D eigenvalue weighted by Crippen LogP contribution is 2.24. The van der Waals surface area contributed by atoms with E-state index < -0.39 is 103 Å². The van der Waals surface area contributed by atoms with Gasteiger partial charge in [-0.2, -0.15) is 0 Å². The summed E-state index contributed by atoms with van der Waals surface area (Å²) in [5.41, 5.74) is 6.65. The largest absolute Gasteiger partial charge is 0.508 e. The number of Topliss-reactive ketones (excluding diaryl/α,β-unsaturated/α-hetero) is 2. The Balaban J connectivity index is 1.93. The number of ketones is 2. The molecule has 1 aliphatic heterocycles. The lowest BCUT2D eigenvalue weighted by atomic mass is 9.88. The van der Waals surface area contributed by atoms with Crippen LogP contribution in [0.4, 0.5) is 0 Å². The van der Waals surface area contributed by atoms with Gasteiger partial charge >= 0.3 is 11.9 Å². The Kier molecular flexibility index (Phi) is 14.8. The van der Waals surface area contributed by atoms with Crippen molar-refractivity contribution in [2.24, 2.45) is 17.6 Å². The summed E-state index contributed by atoms with van der Waals surface area (Å²) in [7, 11) is 0. The van der Waals surface area contributed by atoms with Crippen molar-refractivity contribution in [3.63, 3.8) is 0 Å². The van der Waals surface area contributed by atoms with E-state index in [1.807, 2.05) is 0 Å². The molecule has 0 saturated carbocycles. The molecule has 7 N–H and O–H groups in total. The number of carbonyl (C=O) groups excluding carboxylic acids is 6. The van der Waals surface area contributed by atoms with Gasteiger partial charge in [0, 0.05) is 38.6 Å². The lowest BCUT2D eigenvalue weighted by molar-refractivity contribution is -0.147. The van der Waals surface area contributed by atoms with Gasteiger partial charge in [-0.15, -0.1) is 0 Å². The van der Waals surface area contributed by atoms with Gasteiger partial charge in [-0.25, -0.2) is 0 Å². The second kappa shape index (κ2) is 19.0. The van der Waals surface area contributed by atoms with Crippen LogP contribution in [0.5, 0.6) is 5.75 Å². The predicted octanol–water partition coefficient (Wildman–Crippen LogP) is 1.13. The van der Waals surface area contributed by atoms with Crippen LogP contribution < -0.4 is 16.4 Å². The van der Waals surface area contributed by atoms with E-state index in [0.717, 1.165) is 0 Å². The van der Waals surface area contributed by atoms with Gasteiger partial charge in [-0.05, 0) is 55.4 Å². The summed E-state index contributed by atoms with van der Waals surface area (Å²) in [5.74, 6) is -9.08. The highest BCUT2D eigenvalue weighted by atomic mass is 16.4. The number of benzene rings is 2. The molecule has 1 aliphatic rings. The Bertz CT molecular complexity index is 1600. The third-order valence-corrected chi connectivity index (χ3v) is 8.72. The molecule has 0 radical (unpaired) electrons. The highest BCUT2D eigenvalue weighted by molar-refractivity contribution is 5.97. The summed E-state index contributed by atoms with van der Waals surface area (Å²) < 4.78 is 0. The number of primary amides is 1. The SMILES string of the molecule is CC(=O)NC(CCC(=O)O)C(=O)CC(Cc1ccccc1)C(=O)NC(Cc1ccc(O)cc1)C(=O)CC(CC(=O)O)C(=O)N1CCCC1C(N)=O. The topological polar surface area (TPSA) is 251 Å². The Labute approximate surface area is 294 Å². The molecule has 0 spiro atoms. The van der Waals surface area contributed by atoms with E-state index in [1.165, 1.54) is 36.1 Å². The molecule has 51 heavy (non-hydrogen) atoms. The highest BCUT2D eigenvalue weighted by Gasteiger charge is 2.39. The summed E-state index contributed by atoms with van der Waals surface area (Å²) >= 11 is 0. The first-order valence-corrected chi connectivity index (χ1v) is 16.6. The number of aliphatic carboxylic acids is 2.